The molecule has 1 aliphatic heterocycles. The second-order valence-corrected chi connectivity index (χ2v) is 4.45. The van der Waals surface area contributed by atoms with Gasteiger partial charge in [0.2, 0.25) is 0 Å². The first kappa shape index (κ1) is 12.6. The van der Waals surface area contributed by atoms with Crippen LogP contribution in [-0.4, -0.2) is 18.3 Å². The Morgan fingerprint density at radius 1 is 1.12 bits per heavy atom. The van der Waals surface area contributed by atoms with Gasteiger partial charge in [-0.05, 0) is 18.6 Å². The molecular weight excluding hydrogens is 226 g/mol. The standard InChI is InChI=1S/C11H13N.O3S/c1-8-11(2,3)9-6-4-5-7-10(9)12-8;1-4(2)3/h4-7H,1-3H3;. The van der Waals surface area contributed by atoms with E-state index in [1.54, 1.807) is 0 Å². The molecule has 5 heteroatoms. The van der Waals surface area contributed by atoms with Gasteiger partial charge in [0.1, 0.15) is 0 Å². The maximum atomic E-state index is 8.44. The minimum absolute atomic E-state index is 0.136. The number of rotatable bonds is 0. The zero-order valence-corrected chi connectivity index (χ0v) is 10.2. The van der Waals surface area contributed by atoms with Crippen molar-refractivity contribution in [2.75, 3.05) is 0 Å². The molecule has 0 amide bonds. The lowest BCUT2D eigenvalue weighted by atomic mass is 9.82. The Balaban J connectivity index is 0.000000280. The summed E-state index contributed by atoms with van der Waals surface area (Å²) in [4.78, 5) is 4.52. The summed E-state index contributed by atoms with van der Waals surface area (Å²) in [5.41, 5.74) is 3.84. The highest BCUT2D eigenvalue weighted by Crippen LogP contribution is 2.39. The number of nitrogens with zero attached hydrogens (tertiary/aromatic N) is 1. The number of aliphatic imine (C=N–C) groups is 1. The van der Waals surface area contributed by atoms with Gasteiger partial charge in [-0.2, -0.15) is 0 Å². The average Bonchev–Trinajstić information content (AvgIpc) is 2.38. The summed E-state index contributed by atoms with van der Waals surface area (Å²) in [6, 6.07) is 8.36. The Labute approximate surface area is 96.1 Å². The van der Waals surface area contributed by atoms with E-state index in [4.69, 9.17) is 12.6 Å². The molecule has 16 heavy (non-hydrogen) atoms. The van der Waals surface area contributed by atoms with Gasteiger partial charge in [0.15, 0.2) is 0 Å². The zero-order valence-electron chi connectivity index (χ0n) is 9.39. The Hall–Kier alpha value is -1.49. The van der Waals surface area contributed by atoms with Crippen LogP contribution in [0.5, 0.6) is 0 Å². The molecule has 0 saturated carbocycles. The van der Waals surface area contributed by atoms with Crippen LogP contribution in [0.4, 0.5) is 5.69 Å². The van der Waals surface area contributed by atoms with Crippen LogP contribution in [-0.2, 0) is 16.0 Å². The predicted molar refractivity (Wildman–Crippen MR) is 61.9 cm³/mol. The van der Waals surface area contributed by atoms with Crippen molar-refractivity contribution in [2.24, 2.45) is 4.99 Å². The zero-order chi connectivity index (χ0) is 12.3. The van der Waals surface area contributed by atoms with Crippen LogP contribution < -0.4 is 0 Å². The number of hydrogen-bond acceptors (Lipinski definition) is 4. The monoisotopic (exact) mass is 239 g/mol. The van der Waals surface area contributed by atoms with Gasteiger partial charge in [-0.3, -0.25) is 4.99 Å². The third-order valence-corrected chi connectivity index (χ3v) is 2.77. The molecule has 0 N–H and O–H groups in total. The Kier molecular flexibility index (Phi) is 3.59. The Bertz CT molecular complexity index is 522. The van der Waals surface area contributed by atoms with Gasteiger partial charge < -0.3 is 0 Å². The smallest absolute Gasteiger partial charge is 0.257 e. The third-order valence-electron chi connectivity index (χ3n) is 2.77. The summed E-state index contributed by atoms with van der Waals surface area (Å²) in [5.74, 6) is 0. The van der Waals surface area contributed by atoms with E-state index in [1.165, 1.54) is 11.3 Å². The minimum atomic E-state index is -3.11. The third kappa shape index (κ3) is 2.55. The van der Waals surface area contributed by atoms with Gasteiger partial charge in [-0.15, -0.1) is 12.6 Å². The molecule has 0 bridgehead atoms. The van der Waals surface area contributed by atoms with E-state index in [-0.39, 0.29) is 5.41 Å². The summed E-state index contributed by atoms with van der Waals surface area (Å²) in [6.45, 7) is 6.54. The van der Waals surface area contributed by atoms with E-state index in [9.17, 15) is 0 Å². The fraction of sp³-hybridized carbons (Fsp3) is 0.364. The molecule has 0 spiro atoms. The lowest BCUT2D eigenvalue weighted by molar-refractivity contribution is 0.559. The lowest BCUT2D eigenvalue weighted by Gasteiger charge is -2.19. The summed E-state index contributed by atoms with van der Waals surface area (Å²) in [6.07, 6.45) is 0. The Morgan fingerprint density at radius 3 is 2.12 bits per heavy atom. The molecule has 0 fully saturated rings. The molecule has 1 aromatic carbocycles. The molecule has 1 heterocycles. The summed E-state index contributed by atoms with van der Waals surface area (Å²) < 4.78 is 25.3. The van der Waals surface area contributed by atoms with E-state index in [2.05, 4.69) is 44.0 Å². The van der Waals surface area contributed by atoms with Gasteiger partial charge in [-0.1, -0.05) is 32.0 Å². The topological polar surface area (TPSA) is 63.6 Å². The molecular formula is C11H13NO3S. The van der Waals surface area contributed by atoms with Crippen LogP contribution in [0, 0.1) is 0 Å². The normalized spacial score (nSPS) is 15.6. The molecule has 0 unspecified atom stereocenters. The van der Waals surface area contributed by atoms with E-state index >= 15 is 0 Å². The molecule has 0 atom stereocenters. The molecule has 0 radical (unpaired) electrons. The first-order valence-electron chi connectivity index (χ1n) is 4.77. The van der Waals surface area contributed by atoms with Crippen molar-refractivity contribution >= 4 is 22.0 Å². The van der Waals surface area contributed by atoms with E-state index < -0.39 is 10.6 Å². The molecule has 1 aliphatic rings. The highest BCUT2D eigenvalue weighted by molar-refractivity contribution is 7.59. The highest BCUT2D eigenvalue weighted by Gasteiger charge is 2.31. The molecule has 0 aliphatic carbocycles. The first-order valence-corrected chi connectivity index (χ1v) is 5.77. The fourth-order valence-electron chi connectivity index (χ4n) is 1.61. The molecule has 1 aromatic rings. The fourth-order valence-corrected chi connectivity index (χ4v) is 1.61. The summed E-state index contributed by atoms with van der Waals surface area (Å²) in [5, 5.41) is 0. The van der Waals surface area contributed by atoms with Gasteiger partial charge in [0.25, 0.3) is 0 Å². The maximum Gasteiger partial charge on any atom is 0.425 e. The minimum Gasteiger partial charge on any atom is -0.257 e. The van der Waals surface area contributed by atoms with Gasteiger partial charge >= 0.3 is 10.6 Å². The predicted octanol–water partition coefficient (Wildman–Crippen LogP) is 2.07. The van der Waals surface area contributed by atoms with Gasteiger partial charge in [0, 0.05) is 11.1 Å². The van der Waals surface area contributed by atoms with Crippen molar-refractivity contribution in [1.29, 1.82) is 0 Å². The maximum absolute atomic E-state index is 8.44. The molecule has 0 aromatic heterocycles. The Morgan fingerprint density at radius 2 is 1.62 bits per heavy atom. The van der Waals surface area contributed by atoms with Gasteiger partial charge in [0.05, 0.1) is 5.69 Å². The quantitative estimate of drug-likeness (QED) is 0.696. The second kappa shape index (κ2) is 4.57. The van der Waals surface area contributed by atoms with Crippen molar-refractivity contribution in [3.63, 3.8) is 0 Å². The number of benzene rings is 1. The van der Waals surface area contributed by atoms with E-state index in [1.807, 2.05) is 6.07 Å². The van der Waals surface area contributed by atoms with Crippen LogP contribution in [0.25, 0.3) is 0 Å². The first-order chi connectivity index (χ1) is 7.35. The summed E-state index contributed by atoms with van der Waals surface area (Å²) in [7, 11) is -3.11. The van der Waals surface area contributed by atoms with E-state index in [0.29, 0.717) is 0 Å². The number of hydrogen-bond donors (Lipinski definition) is 0. The van der Waals surface area contributed by atoms with Crippen LogP contribution >= 0.6 is 0 Å². The van der Waals surface area contributed by atoms with E-state index in [0.717, 1.165) is 5.69 Å². The van der Waals surface area contributed by atoms with Crippen LogP contribution in [0.3, 0.4) is 0 Å². The molecule has 0 saturated heterocycles. The van der Waals surface area contributed by atoms with Crippen LogP contribution in [0.1, 0.15) is 26.3 Å². The number of para-hydroxylation sites is 1. The van der Waals surface area contributed by atoms with Crippen LogP contribution in [0.15, 0.2) is 29.3 Å². The molecule has 4 nitrogen and oxygen atoms in total. The van der Waals surface area contributed by atoms with Crippen molar-refractivity contribution < 1.29 is 12.6 Å². The van der Waals surface area contributed by atoms with Gasteiger partial charge in [-0.25, -0.2) is 0 Å². The number of fused-ring (bicyclic) bond motifs is 1. The SMILES string of the molecule is CC1=Nc2ccccc2C1(C)C.O=S(=O)=O. The van der Waals surface area contributed by atoms with Crippen molar-refractivity contribution in [3.05, 3.63) is 29.8 Å². The highest BCUT2D eigenvalue weighted by atomic mass is 32.2. The lowest BCUT2D eigenvalue weighted by Crippen LogP contribution is -2.22. The van der Waals surface area contributed by atoms with Crippen molar-refractivity contribution in [1.82, 2.24) is 0 Å². The summed E-state index contributed by atoms with van der Waals surface area (Å²) >= 11 is 0. The van der Waals surface area contributed by atoms with Crippen LogP contribution in [0.2, 0.25) is 0 Å². The molecule has 86 valence electrons. The molecule has 2 rings (SSSR count). The largest absolute Gasteiger partial charge is 0.425 e. The second-order valence-electron chi connectivity index (χ2n) is 4.04. The van der Waals surface area contributed by atoms with Crippen molar-refractivity contribution in [3.8, 4) is 0 Å². The average molecular weight is 239 g/mol. The van der Waals surface area contributed by atoms with Crippen molar-refractivity contribution in [2.45, 2.75) is 26.2 Å².